The summed E-state index contributed by atoms with van der Waals surface area (Å²) >= 11 is 0. The molecule has 5 heteroatoms. The van der Waals surface area contributed by atoms with Crippen LogP contribution in [0, 0.1) is 0 Å². The van der Waals surface area contributed by atoms with Gasteiger partial charge >= 0.3 is 5.97 Å². The second-order valence-electron chi connectivity index (χ2n) is 5.81. The Labute approximate surface area is 148 Å². The van der Waals surface area contributed by atoms with Crippen LogP contribution < -0.4 is 14.8 Å². The molecule has 1 fully saturated rings. The van der Waals surface area contributed by atoms with Crippen LogP contribution in [-0.4, -0.2) is 38.4 Å². The summed E-state index contributed by atoms with van der Waals surface area (Å²) in [5, 5.41) is 12.1. The molecule has 3 rings (SSSR count). The molecule has 0 amide bonds. The van der Waals surface area contributed by atoms with Gasteiger partial charge in [0, 0.05) is 0 Å². The van der Waals surface area contributed by atoms with E-state index in [4.69, 9.17) is 14.6 Å². The molecule has 2 aromatic carbocycles. The summed E-state index contributed by atoms with van der Waals surface area (Å²) in [6, 6.07) is 15.3. The molecule has 0 unspecified atom stereocenters. The minimum absolute atomic E-state index is 0.178. The van der Waals surface area contributed by atoms with Gasteiger partial charge in [0.1, 0.15) is 0 Å². The van der Waals surface area contributed by atoms with Crippen molar-refractivity contribution < 1.29 is 19.4 Å². The van der Waals surface area contributed by atoms with E-state index in [1.165, 1.54) is 57.8 Å². The third-order valence-corrected chi connectivity index (χ3v) is 4.24. The number of aromatic carboxylic acids is 1. The monoisotopic (exact) mass is 343 g/mol. The lowest BCUT2D eigenvalue weighted by Gasteiger charge is -2.22. The fourth-order valence-electron chi connectivity index (χ4n) is 2.85. The molecular weight excluding hydrogens is 318 g/mol. The zero-order valence-corrected chi connectivity index (χ0v) is 14.7. The van der Waals surface area contributed by atoms with Crippen LogP contribution >= 0.6 is 0 Å². The standard InChI is InChI=1S/C11H15N.C9H10O4/c1-2-4-10(5-3-1)11-6-8-12-9-7-11;1-12-7-4-3-6(9(10)11)5-8(7)13-2/h1-5,11-12H,6-9H2;3-5H,1-2H3,(H,10,11). The zero-order chi connectivity index (χ0) is 18.1. The van der Waals surface area contributed by atoms with E-state index in [9.17, 15) is 4.79 Å². The summed E-state index contributed by atoms with van der Waals surface area (Å²) in [5.41, 5.74) is 1.69. The Kier molecular flexibility index (Phi) is 7.29. The van der Waals surface area contributed by atoms with E-state index in [0.717, 1.165) is 5.92 Å². The maximum Gasteiger partial charge on any atom is 0.335 e. The number of methoxy groups -OCH3 is 2. The van der Waals surface area contributed by atoms with Gasteiger partial charge in [-0.2, -0.15) is 0 Å². The molecule has 1 aliphatic rings. The van der Waals surface area contributed by atoms with Gasteiger partial charge in [-0.3, -0.25) is 0 Å². The summed E-state index contributed by atoms with van der Waals surface area (Å²) < 4.78 is 9.89. The molecule has 5 nitrogen and oxygen atoms in total. The average molecular weight is 343 g/mol. The molecule has 0 atom stereocenters. The highest BCUT2D eigenvalue weighted by Gasteiger charge is 2.13. The quantitative estimate of drug-likeness (QED) is 0.888. The van der Waals surface area contributed by atoms with E-state index in [1.54, 1.807) is 6.07 Å². The normalized spacial score (nSPS) is 14.2. The number of carbonyl (C=O) groups is 1. The average Bonchev–Trinajstić information content (AvgIpc) is 2.69. The first-order valence-electron chi connectivity index (χ1n) is 8.36. The van der Waals surface area contributed by atoms with Gasteiger partial charge in [0.2, 0.25) is 0 Å². The van der Waals surface area contributed by atoms with Crippen LogP contribution in [0.3, 0.4) is 0 Å². The van der Waals surface area contributed by atoms with Crippen LogP contribution in [0.1, 0.15) is 34.7 Å². The molecule has 0 spiro atoms. The van der Waals surface area contributed by atoms with Gasteiger partial charge in [-0.05, 0) is 55.6 Å². The first-order valence-corrected chi connectivity index (χ1v) is 8.36. The van der Waals surface area contributed by atoms with Gasteiger partial charge in [0.05, 0.1) is 19.8 Å². The molecular formula is C20H25NO4. The van der Waals surface area contributed by atoms with Crippen molar-refractivity contribution >= 4 is 5.97 Å². The van der Waals surface area contributed by atoms with Crippen LogP contribution in [0.15, 0.2) is 48.5 Å². The maximum atomic E-state index is 10.6. The van der Waals surface area contributed by atoms with Gasteiger partial charge < -0.3 is 19.9 Å². The minimum Gasteiger partial charge on any atom is -0.493 e. The van der Waals surface area contributed by atoms with E-state index in [0.29, 0.717) is 11.5 Å². The fraction of sp³-hybridized carbons (Fsp3) is 0.350. The Balaban J connectivity index is 0.000000181. The number of hydrogen-bond acceptors (Lipinski definition) is 4. The molecule has 2 aromatic rings. The molecule has 0 radical (unpaired) electrons. The number of hydrogen-bond donors (Lipinski definition) is 2. The molecule has 0 bridgehead atoms. The summed E-state index contributed by atoms with van der Waals surface area (Å²) in [6.07, 6.45) is 2.59. The summed E-state index contributed by atoms with van der Waals surface area (Å²) in [6.45, 7) is 2.36. The Morgan fingerprint density at radius 2 is 1.64 bits per heavy atom. The number of nitrogens with one attached hydrogen (secondary N) is 1. The van der Waals surface area contributed by atoms with E-state index < -0.39 is 5.97 Å². The molecule has 1 heterocycles. The highest BCUT2D eigenvalue weighted by atomic mass is 16.5. The van der Waals surface area contributed by atoms with Crippen molar-refractivity contribution in [3.63, 3.8) is 0 Å². The third-order valence-electron chi connectivity index (χ3n) is 4.24. The molecule has 0 aromatic heterocycles. The van der Waals surface area contributed by atoms with Crippen molar-refractivity contribution in [2.45, 2.75) is 18.8 Å². The lowest BCUT2D eigenvalue weighted by molar-refractivity contribution is 0.0696. The van der Waals surface area contributed by atoms with Crippen LogP contribution in [0.2, 0.25) is 0 Å². The predicted molar refractivity (Wildman–Crippen MR) is 97.8 cm³/mol. The first-order chi connectivity index (χ1) is 12.2. The van der Waals surface area contributed by atoms with Gasteiger partial charge in [0.25, 0.3) is 0 Å². The lowest BCUT2D eigenvalue weighted by Crippen LogP contribution is -2.26. The molecule has 0 saturated carbocycles. The van der Waals surface area contributed by atoms with Crippen LogP contribution in [0.25, 0.3) is 0 Å². The van der Waals surface area contributed by atoms with Crippen molar-refractivity contribution in [2.75, 3.05) is 27.3 Å². The number of carboxylic acid groups (broad SMARTS) is 1. The molecule has 1 aliphatic heterocycles. The Morgan fingerprint density at radius 1 is 1.00 bits per heavy atom. The maximum absolute atomic E-state index is 10.6. The van der Waals surface area contributed by atoms with Gasteiger partial charge in [-0.25, -0.2) is 4.79 Å². The highest BCUT2D eigenvalue weighted by Crippen LogP contribution is 2.27. The second kappa shape index (κ2) is 9.69. The summed E-state index contributed by atoms with van der Waals surface area (Å²) in [7, 11) is 2.96. The first kappa shape index (κ1) is 18.8. The van der Waals surface area contributed by atoms with Crippen molar-refractivity contribution in [2.24, 2.45) is 0 Å². The number of piperidine rings is 1. The van der Waals surface area contributed by atoms with Crippen molar-refractivity contribution in [1.82, 2.24) is 5.32 Å². The number of carboxylic acids is 1. The van der Waals surface area contributed by atoms with Gasteiger partial charge in [-0.1, -0.05) is 30.3 Å². The topological polar surface area (TPSA) is 67.8 Å². The van der Waals surface area contributed by atoms with Crippen LogP contribution in [0.4, 0.5) is 0 Å². The zero-order valence-electron chi connectivity index (χ0n) is 14.7. The highest BCUT2D eigenvalue weighted by molar-refractivity contribution is 5.88. The minimum atomic E-state index is -0.985. The predicted octanol–water partition coefficient (Wildman–Crippen LogP) is 3.56. The van der Waals surface area contributed by atoms with E-state index in [-0.39, 0.29) is 5.56 Å². The summed E-state index contributed by atoms with van der Waals surface area (Å²) in [5.74, 6) is 0.753. The SMILES string of the molecule is COc1ccc(C(=O)O)cc1OC.c1ccc(C2CCNCC2)cc1. The third kappa shape index (κ3) is 5.50. The Morgan fingerprint density at radius 3 is 2.20 bits per heavy atom. The van der Waals surface area contributed by atoms with E-state index in [1.807, 2.05) is 0 Å². The van der Waals surface area contributed by atoms with Crippen LogP contribution in [-0.2, 0) is 0 Å². The van der Waals surface area contributed by atoms with Crippen molar-refractivity contribution in [1.29, 1.82) is 0 Å². The Bertz CT molecular complexity index is 667. The number of ether oxygens (including phenoxy) is 2. The smallest absolute Gasteiger partial charge is 0.335 e. The molecule has 134 valence electrons. The molecule has 1 saturated heterocycles. The van der Waals surface area contributed by atoms with Crippen molar-refractivity contribution in [3.8, 4) is 11.5 Å². The fourth-order valence-corrected chi connectivity index (χ4v) is 2.85. The molecule has 25 heavy (non-hydrogen) atoms. The number of rotatable bonds is 4. The molecule has 2 N–H and O–H groups in total. The van der Waals surface area contributed by atoms with Crippen LogP contribution in [0.5, 0.6) is 11.5 Å². The summed E-state index contributed by atoms with van der Waals surface area (Å²) in [4.78, 5) is 10.6. The molecule has 0 aliphatic carbocycles. The van der Waals surface area contributed by atoms with E-state index in [2.05, 4.69) is 35.6 Å². The Hall–Kier alpha value is -2.53. The lowest BCUT2D eigenvalue weighted by atomic mass is 9.90. The van der Waals surface area contributed by atoms with Gasteiger partial charge in [0.15, 0.2) is 11.5 Å². The van der Waals surface area contributed by atoms with Crippen molar-refractivity contribution in [3.05, 3.63) is 59.7 Å². The number of benzene rings is 2. The van der Waals surface area contributed by atoms with Gasteiger partial charge in [-0.15, -0.1) is 0 Å². The van der Waals surface area contributed by atoms with E-state index >= 15 is 0 Å². The second-order valence-corrected chi connectivity index (χ2v) is 5.81. The largest absolute Gasteiger partial charge is 0.493 e.